The van der Waals surface area contributed by atoms with Crippen LogP contribution in [0, 0.1) is 13.8 Å². The monoisotopic (exact) mass is 380 g/mol. The molecule has 0 radical (unpaired) electrons. The molecule has 7 heteroatoms. The second-order valence-electron chi connectivity index (χ2n) is 6.68. The molecule has 2 heterocycles. The standard InChI is InChI=1S/C21H20N2O5/c1-11-8-9-13(10-12(11)2)23-20(24)16-17(22-28-19(16)21(23)25)14-6-5-7-15(26-3)18(14)27-4/h5-10,19,22H,1-4H3/t19-/m0/s1. The molecule has 1 atom stereocenters. The van der Waals surface area contributed by atoms with Crippen LogP contribution in [0.4, 0.5) is 5.69 Å². The van der Waals surface area contributed by atoms with Crippen LogP contribution in [0.2, 0.25) is 0 Å². The highest BCUT2D eigenvalue weighted by Crippen LogP contribution is 2.41. The summed E-state index contributed by atoms with van der Waals surface area (Å²) in [5.41, 5.74) is 6.59. The van der Waals surface area contributed by atoms with Crippen LogP contribution in [0.1, 0.15) is 16.7 Å². The Hall–Kier alpha value is -3.32. The Kier molecular flexibility index (Phi) is 4.31. The van der Waals surface area contributed by atoms with Gasteiger partial charge in [0.2, 0.25) is 0 Å². The van der Waals surface area contributed by atoms with Crippen molar-refractivity contribution >= 4 is 23.2 Å². The zero-order valence-corrected chi connectivity index (χ0v) is 16.0. The van der Waals surface area contributed by atoms with Crippen molar-refractivity contribution in [3.63, 3.8) is 0 Å². The molecule has 1 fully saturated rings. The Labute approximate surface area is 162 Å². The molecule has 2 aromatic rings. The minimum absolute atomic E-state index is 0.259. The molecule has 144 valence electrons. The number of rotatable bonds is 4. The summed E-state index contributed by atoms with van der Waals surface area (Å²) in [7, 11) is 3.05. The number of methoxy groups -OCH3 is 2. The van der Waals surface area contributed by atoms with Gasteiger partial charge in [0, 0.05) is 5.56 Å². The summed E-state index contributed by atoms with van der Waals surface area (Å²) in [6, 6.07) is 10.8. The summed E-state index contributed by atoms with van der Waals surface area (Å²) in [5.74, 6) is 0.131. The molecule has 1 saturated heterocycles. The summed E-state index contributed by atoms with van der Waals surface area (Å²) in [4.78, 5) is 32.7. The van der Waals surface area contributed by atoms with Crippen molar-refractivity contribution < 1.29 is 23.9 Å². The lowest BCUT2D eigenvalue weighted by Gasteiger charge is -2.18. The molecule has 0 aliphatic carbocycles. The van der Waals surface area contributed by atoms with Crippen LogP contribution in [0.25, 0.3) is 5.70 Å². The number of nitrogens with zero attached hydrogens (tertiary/aromatic N) is 1. The summed E-state index contributed by atoms with van der Waals surface area (Å²) in [6.07, 6.45) is -1.000. The highest BCUT2D eigenvalue weighted by atomic mass is 16.7. The number of anilines is 1. The molecule has 0 bridgehead atoms. The van der Waals surface area contributed by atoms with E-state index in [1.807, 2.05) is 26.0 Å². The first-order chi connectivity index (χ1) is 13.5. The maximum atomic E-state index is 13.2. The van der Waals surface area contributed by atoms with Gasteiger partial charge in [-0.05, 0) is 49.2 Å². The van der Waals surface area contributed by atoms with Gasteiger partial charge < -0.3 is 9.47 Å². The highest BCUT2D eigenvalue weighted by molar-refractivity contribution is 6.33. The molecule has 4 rings (SSSR count). The van der Waals surface area contributed by atoms with Crippen molar-refractivity contribution in [3.8, 4) is 11.5 Å². The van der Waals surface area contributed by atoms with E-state index >= 15 is 0 Å². The minimum Gasteiger partial charge on any atom is -0.493 e. The van der Waals surface area contributed by atoms with Crippen molar-refractivity contribution in [2.24, 2.45) is 0 Å². The van der Waals surface area contributed by atoms with Crippen LogP contribution in [0.15, 0.2) is 42.0 Å². The molecule has 2 aliphatic rings. The molecule has 0 saturated carbocycles. The predicted octanol–water partition coefficient (Wildman–Crippen LogP) is 2.51. The van der Waals surface area contributed by atoms with Crippen molar-refractivity contribution in [1.29, 1.82) is 0 Å². The van der Waals surface area contributed by atoms with Gasteiger partial charge in [-0.15, -0.1) is 0 Å². The Morgan fingerprint density at radius 2 is 1.82 bits per heavy atom. The largest absolute Gasteiger partial charge is 0.493 e. The molecule has 1 N–H and O–H groups in total. The van der Waals surface area contributed by atoms with Gasteiger partial charge in [-0.2, -0.15) is 0 Å². The zero-order valence-electron chi connectivity index (χ0n) is 16.0. The van der Waals surface area contributed by atoms with Gasteiger partial charge >= 0.3 is 0 Å². The average molecular weight is 380 g/mol. The summed E-state index contributed by atoms with van der Waals surface area (Å²) >= 11 is 0. The van der Waals surface area contributed by atoms with Crippen LogP contribution >= 0.6 is 0 Å². The molecule has 2 aromatic carbocycles. The molecule has 28 heavy (non-hydrogen) atoms. The lowest BCUT2D eigenvalue weighted by Crippen LogP contribution is -2.34. The summed E-state index contributed by atoms with van der Waals surface area (Å²) < 4.78 is 10.8. The van der Waals surface area contributed by atoms with Crippen LogP contribution in [-0.2, 0) is 14.4 Å². The average Bonchev–Trinajstić information content (AvgIpc) is 3.23. The lowest BCUT2D eigenvalue weighted by atomic mass is 10.0. The highest BCUT2D eigenvalue weighted by Gasteiger charge is 2.51. The number of hydroxylamine groups is 1. The smallest absolute Gasteiger partial charge is 0.270 e. The SMILES string of the molecule is COc1cccc(C2=C3C(=O)N(c4ccc(C)c(C)c4)C(=O)[C@H]3ON2)c1OC. The second-order valence-corrected chi connectivity index (χ2v) is 6.68. The van der Waals surface area contributed by atoms with E-state index in [0.717, 1.165) is 11.1 Å². The maximum Gasteiger partial charge on any atom is 0.270 e. The molecule has 2 aliphatic heterocycles. The fraction of sp³-hybridized carbons (Fsp3) is 0.238. The normalized spacial score (nSPS) is 18.4. The van der Waals surface area contributed by atoms with Crippen LogP contribution in [0.3, 0.4) is 0 Å². The first kappa shape index (κ1) is 18.1. The summed E-state index contributed by atoms with van der Waals surface area (Å²) in [6.45, 7) is 3.92. The summed E-state index contributed by atoms with van der Waals surface area (Å²) in [5, 5.41) is 0. The Bertz CT molecular complexity index is 1030. The minimum atomic E-state index is -1.000. The second kappa shape index (κ2) is 6.69. The number of hydrogen-bond acceptors (Lipinski definition) is 6. The molecular formula is C21H20N2O5. The number of nitrogens with one attached hydrogen (secondary N) is 1. The molecule has 7 nitrogen and oxygen atoms in total. The third-order valence-corrected chi connectivity index (χ3v) is 5.11. The van der Waals surface area contributed by atoms with Crippen molar-refractivity contribution in [3.05, 3.63) is 58.7 Å². The number of imide groups is 1. The van der Waals surface area contributed by atoms with E-state index in [1.165, 1.54) is 19.1 Å². The van der Waals surface area contributed by atoms with Crippen molar-refractivity contribution in [2.45, 2.75) is 20.0 Å². The number of aryl methyl sites for hydroxylation is 2. The van der Waals surface area contributed by atoms with E-state index < -0.39 is 17.9 Å². The maximum absolute atomic E-state index is 13.2. The first-order valence-corrected chi connectivity index (χ1v) is 8.80. The van der Waals surface area contributed by atoms with E-state index in [1.54, 1.807) is 24.3 Å². The molecule has 0 spiro atoms. The number of carbonyl (C=O) groups is 2. The third-order valence-electron chi connectivity index (χ3n) is 5.11. The van der Waals surface area contributed by atoms with Gasteiger partial charge in [-0.1, -0.05) is 12.1 Å². The number of benzene rings is 2. The van der Waals surface area contributed by atoms with E-state index in [0.29, 0.717) is 28.4 Å². The van der Waals surface area contributed by atoms with E-state index in [9.17, 15) is 9.59 Å². The molecule has 0 unspecified atom stereocenters. The van der Waals surface area contributed by atoms with Gasteiger partial charge in [0.15, 0.2) is 17.6 Å². The van der Waals surface area contributed by atoms with Gasteiger partial charge in [-0.3, -0.25) is 19.9 Å². The zero-order chi connectivity index (χ0) is 20.0. The van der Waals surface area contributed by atoms with Crippen LogP contribution < -0.4 is 19.9 Å². The number of hydrogen-bond donors (Lipinski definition) is 1. The topological polar surface area (TPSA) is 77.1 Å². The van der Waals surface area contributed by atoms with E-state index in [4.69, 9.17) is 14.3 Å². The number of ether oxygens (including phenoxy) is 2. The molecule has 2 amide bonds. The fourth-order valence-electron chi connectivity index (χ4n) is 3.49. The number of carbonyl (C=O) groups excluding carboxylic acids is 2. The van der Waals surface area contributed by atoms with Crippen LogP contribution in [-0.4, -0.2) is 32.1 Å². The number of amides is 2. The third kappa shape index (κ3) is 2.55. The van der Waals surface area contributed by atoms with Gasteiger partial charge in [0.05, 0.1) is 31.2 Å². The van der Waals surface area contributed by atoms with Gasteiger partial charge in [-0.25, -0.2) is 4.90 Å². The van der Waals surface area contributed by atoms with Gasteiger partial charge in [0.25, 0.3) is 11.8 Å². The van der Waals surface area contributed by atoms with E-state index in [2.05, 4.69) is 5.48 Å². The van der Waals surface area contributed by atoms with Crippen molar-refractivity contribution in [1.82, 2.24) is 5.48 Å². The molecule has 0 aromatic heterocycles. The Balaban J connectivity index is 1.83. The van der Waals surface area contributed by atoms with Crippen LogP contribution in [0.5, 0.6) is 11.5 Å². The molecular weight excluding hydrogens is 360 g/mol. The predicted molar refractivity (Wildman–Crippen MR) is 103 cm³/mol. The Morgan fingerprint density at radius 3 is 2.50 bits per heavy atom. The van der Waals surface area contributed by atoms with Gasteiger partial charge in [0.1, 0.15) is 0 Å². The number of fused-ring (bicyclic) bond motifs is 1. The van der Waals surface area contributed by atoms with E-state index in [-0.39, 0.29) is 5.57 Å². The lowest BCUT2D eigenvalue weighted by molar-refractivity contribution is -0.127. The fourth-order valence-corrected chi connectivity index (χ4v) is 3.49. The Morgan fingerprint density at radius 1 is 1.04 bits per heavy atom. The quantitative estimate of drug-likeness (QED) is 0.822. The van der Waals surface area contributed by atoms with Crippen molar-refractivity contribution in [2.75, 3.05) is 19.1 Å². The number of para-hydroxylation sites is 1. The first-order valence-electron chi connectivity index (χ1n) is 8.80.